The summed E-state index contributed by atoms with van der Waals surface area (Å²) in [5.41, 5.74) is 0. The average molecular weight is 177 g/mol. The smallest absolute Gasteiger partial charge is 0.00507 e. The second-order valence-electron chi connectivity index (χ2n) is 4.76. The summed E-state index contributed by atoms with van der Waals surface area (Å²) in [7, 11) is 0.909. The van der Waals surface area contributed by atoms with Gasteiger partial charge >= 0.3 is 0 Å². The molecule has 0 saturated carbocycles. The SMILES string of the molecule is C=S(C)(C)(C)CCN(C)CC. The van der Waals surface area contributed by atoms with Crippen LogP contribution in [0.5, 0.6) is 0 Å². The van der Waals surface area contributed by atoms with Crippen molar-refractivity contribution in [1.82, 2.24) is 4.90 Å². The first kappa shape index (κ1) is 11.2. The molecule has 0 aliphatic heterocycles. The van der Waals surface area contributed by atoms with Gasteiger partial charge in [-0.05, 0) is 38.1 Å². The van der Waals surface area contributed by atoms with E-state index in [1.807, 2.05) is 0 Å². The van der Waals surface area contributed by atoms with Crippen LogP contribution >= 0.6 is 8.75 Å². The lowest BCUT2D eigenvalue weighted by atomic mass is 10.6. The van der Waals surface area contributed by atoms with Crippen molar-refractivity contribution in [2.75, 3.05) is 44.7 Å². The van der Waals surface area contributed by atoms with E-state index in [0.717, 1.165) is 6.54 Å². The number of hydrogen-bond donors (Lipinski definition) is 0. The third-order valence-corrected chi connectivity index (χ3v) is 3.47. The summed E-state index contributed by atoms with van der Waals surface area (Å²) in [5.74, 6) is 5.54. The summed E-state index contributed by atoms with van der Waals surface area (Å²) in [4.78, 5) is 2.34. The monoisotopic (exact) mass is 177 g/mol. The van der Waals surface area contributed by atoms with Crippen LogP contribution in [0.3, 0.4) is 0 Å². The van der Waals surface area contributed by atoms with Crippen LogP contribution in [0.15, 0.2) is 0 Å². The van der Waals surface area contributed by atoms with Crippen molar-refractivity contribution < 1.29 is 0 Å². The summed E-state index contributed by atoms with van der Waals surface area (Å²) >= 11 is 0. The van der Waals surface area contributed by atoms with Crippen LogP contribution < -0.4 is 0 Å². The molecule has 0 amide bonds. The summed E-state index contributed by atoms with van der Waals surface area (Å²) in [5, 5.41) is 0. The molecule has 11 heavy (non-hydrogen) atoms. The number of rotatable bonds is 4. The standard InChI is InChI=1S/C9H23NS/c1-7-10(2)8-9-11(3,4,5)6/h3,7-9H2,1-2,4-6H3. The summed E-state index contributed by atoms with van der Waals surface area (Å²) < 4.78 is 0. The third kappa shape index (κ3) is 8.08. The van der Waals surface area contributed by atoms with Gasteiger partial charge in [0.25, 0.3) is 0 Å². The molecule has 0 bridgehead atoms. The van der Waals surface area contributed by atoms with Gasteiger partial charge in [0, 0.05) is 6.54 Å². The van der Waals surface area contributed by atoms with Crippen molar-refractivity contribution in [1.29, 1.82) is 0 Å². The van der Waals surface area contributed by atoms with E-state index >= 15 is 0 Å². The maximum Gasteiger partial charge on any atom is 0.00507 e. The molecule has 0 unspecified atom stereocenters. The molecule has 0 radical (unpaired) electrons. The van der Waals surface area contributed by atoms with E-state index in [1.165, 1.54) is 12.3 Å². The Hall–Kier alpha value is 0.180. The highest BCUT2D eigenvalue weighted by atomic mass is 32.3. The summed E-state index contributed by atoms with van der Waals surface area (Å²) in [6, 6.07) is 0. The largest absolute Gasteiger partial charge is 0.306 e. The minimum Gasteiger partial charge on any atom is -0.306 e. The zero-order chi connectivity index (χ0) is 9.15. The van der Waals surface area contributed by atoms with Gasteiger partial charge in [-0.3, -0.25) is 8.75 Å². The highest BCUT2D eigenvalue weighted by Gasteiger charge is 2.11. The predicted molar refractivity (Wildman–Crippen MR) is 60.5 cm³/mol. The Morgan fingerprint density at radius 3 is 2.00 bits per heavy atom. The topological polar surface area (TPSA) is 3.24 Å². The van der Waals surface area contributed by atoms with Crippen molar-refractivity contribution >= 4 is 14.6 Å². The lowest BCUT2D eigenvalue weighted by molar-refractivity contribution is 0.376. The quantitative estimate of drug-likeness (QED) is 0.590. The Balaban J connectivity index is 3.82. The Bertz CT molecular complexity index is 167. The molecular formula is C9H23NS. The van der Waals surface area contributed by atoms with Crippen LogP contribution in [-0.4, -0.2) is 55.4 Å². The first-order valence-corrected chi connectivity index (χ1v) is 7.69. The van der Waals surface area contributed by atoms with Crippen molar-refractivity contribution in [3.63, 3.8) is 0 Å². The van der Waals surface area contributed by atoms with Gasteiger partial charge < -0.3 is 4.90 Å². The Morgan fingerprint density at radius 2 is 1.73 bits per heavy atom. The molecule has 0 spiro atoms. The van der Waals surface area contributed by atoms with E-state index in [4.69, 9.17) is 0 Å². The molecule has 0 aromatic carbocycles. The highest BCUT2D eigenvalue weighted by Crippen LogP contribution is 2.44. The molecule has 0 aromatic rings. The molecule has 1 nitrogen and oxygen atoms in total. The van der Waals surface area contributed by atoms with Gasteiger partial charge in [-0.2, -0.15) is 0 Å². The van der Waals surface area contributed by atoms with Gasteiger partial charge in [-0.1, -0.05) is 12.8 Å². The molecule has 0 aliphatic carbocycles. The van der Waals surface area contributed by atoms with E-state index in [1.54, 1.807) is 0 Å². The molecule has 0 heterocycles. The fourth-order valence-corrected chi connectivity index (χ4v) is 1.64. The van der Waals surface area contributed by atoms with Crippen LogP contribution in [0.2, 0.25) is 0 Å². The highest BCUT2D eigenvalue weighted by molar-refractivity contribution is 8.45. The molecule has 0 aromatic heterocycles. The van der Waals surface area contributed by atoms with Gasteiger partial charge in [-0.15, -0.1) is 0 Å². The molecule has 0 atom stereocenters. The lowest BCUT2D eigenvalue weighted by Crippen LogP contribution is -2.25. The molecule has 0 rings (SSSR count). The first-order valence-electron chi connectivity index (χ1n) is 4.09. The third-order valence-electron chi connectivity index (χ3n) is 1.77. The second-order valence-corrected chi connectivity index (χ2v) is 11.5. The minimum atomic E-state index is -1.26. The Morgan fingerprint density at radius 1 is 1.27 bits per heavy atom. The molecule has 0 fully saturated rings. The maximum atomic E-state index is 4.29. The van der Waals surface area contributed by atoms with Gasteiger partial charge in [0.1, 0.15) is 0 Å². The second kappa shape index (κ2) is 3.28. The Labute approximate surface area is 71.6 Å². The predicted octanol–water partition coefficient (Wildman–Crippen LogP) is 1.60. The van der Waals surface area contributed by atoms with Crippen molar-refractivity contribution in [2.24, 2.45) is 0 Å². The zero-order valence-electron chi connectivity index (χ0n) is 8.68. The summed E-state index contributed by atoms with van der Waals surface area (Å²) in [6.45, 7) is 4.52. The first-order chi connectivity index (χ1) is 4.71. The zero-order valence-corrected chi connectivity index (χ0v) is 9.50. The van der Waals surface area contributed by atoms with Crippen LogP contribution in [0.25, 0.3) is 0 Å². The van der Waals surface area contributed by atoms with E-state index < -0.39 is 8.75 Å². The van der Waals surface area contributed by atoms with E-state index in [0.29, 0.717) is 0 Å². The maximum absolute atomic E-state index is 4.29. The van der Waals surface area contributed by atoms with Crippen LogP contribution in [0.4, 0.5) is 0 Å². The molecule has 70 valence electrons. The van der Waals surface area contributed by atoms with Crippen LogP contribution in [0.1, 0.15) is 6.92 Å². The molecule has 2 heteroatoms. The molecule has 0 N–H and O–H groups in total. The van der Waals surface area contributed by atoms with Gasteiger partial charge in [0.05, 0.1) is 0 Å². The number of hydrogen-bond acceptors (Lipinski definition) is 1. The van der Waals surface area contributed by atoms with Crippen molar-refractivity contribution in [3.8, 4) is 0 Å². The lowest BCUT2D eigenvalue weighted by Gasteiger charge is -2.36. The minimum absolute atomic E-state index is 1.14. The Kier molecular flexibility index (Phi) is 3.33. The molecule has 0 aliphatic rings. The fourth-order valence-electron chi connectivity index (χ4n) is 0.652. The summed E-state index contributed by atoms with van der Waals surface area (Å²) in [6.07, 6.45) is 6.92. The van der Waals surface area contributed by atoms with E-state index in [9.17, 15) is 0 Å². The van der Waals surface area contributed by atoms with E-state index in [-0.39, 0.29) is 0 Å². The van der Waals surface area contributed by atoms with Gasteiger partial charge in [-0.25, -0.2) is 0 Å². The fraction of sp³-hybridized carbons (Fsp3) is 0.889. The molecule has 0 saturated heterocycles. The van der Waals surface area contributed by atoms with Crippen molar-refractivity contribution in [3.05, 3.63) is 0 Å². The van der Waals surface area contributed by atoms with Gasteiger partial charge in [0.15, 0.2) is 0 Å². The van der Waals surface area contributed by atoms with Crippen LogP contribution in [-0.2, 0) is 0 Å². The van der Waals surface area contributed by atoms with Crippen molar-refractivity contribution in [2.45, 2.75) is 6.92 Å². The number of nitrogens with zero attached hydrogens (tertiary/aromatic N) is 1. The van der Waals surface area contributed by atoms with Crippen LogP contribution in [0, 0.1) is 0 Å². The normalized spacial score (nSPS) is 16.4. The average Bonchev–Trinajstić information content (AvgIpc) is 1.80. The molecular weight excluding hydrogens is 154 g/mol. The van der Waals surface area contributed by atoms with Gasteiger partial charge in [0.2, 0.25) is 0 Å². The van der Waals surface area contributed by atoms with E-state index in [2.05, 4.69) is 43.5 Å².